The van der Waals surface area contributed by atoms with Gasteiger partial charge in [0.25, 0.3) is 0 Å². The number of benzene rings is 1. The minimum atomic E-state index is 0.539. The standard InChI is InChI=1S/C17H20N2/c1-2-10-19-17-7-6-15-14(4-3-5-16(15)17)13-8-11-18-12-9-13/h3-5,8-9,11-12,17,19H,2,6-7,10H2,1H3. The van der Waals surface area contributed by atoms with Crippen LogP contribution in [-0.4, -0.2) is 11.5 Å². The average Bonchev–Trinajstić information content (AvgIpc) is 2.89. The van der Waals surface area contributed by atoms with Crippen molar-refractivity contribution in [2.24, 2.45) is 0 Å². The maximum Gasteiger partial charge on any atom is 0.0326 e. The minimum Gasteiger partial charge on any atom is -0.310 e. The van der Waals surface area contributed by atoms with E-state index < -0.39 is 0 Å². The van der Waals surface area contributed by atoms with E-state index in [4.69, 9.17) is 0 Å². The molecule has 1 atom stereocenters. The summed E-state index contributed by atoms with van der Waals surface area (Å²) < 4.78 is 0. The van der Waals surface area contributed by atoms with Crippen molar-refractivity contribution in [3.05, 3.63) is 53.9 Å². The van der Waals surface area contributed by atoms with Crippen LogP contribution in [0.5, 0.6) is 0 Å². The SMILES string of the molecule is CCCNC1CCc2c(-c3ccncc3)cccc21. The van der Waals surface area contributed by atoms with E-state index in [1.54, 1.807) is 0 Å². The maximum absolute atomic E-state index is 4.11. The molecule has 1 aromatic carbocycles. The number of hydrogen-bond acceptors (Lipinski definition) is 2. The Kier molecular flexibility index (Phi) is 3.60. The molecule has 3 rings (SSSR count). The van der Waals surface area contributed by atoms with E-state index in [0.29, 0.717) is 6.04 Å². The molecule has 1 unspecified atom stereocenters. The van der Waals surface area contributed by atoms with Crippen LogP contribution >= 0.6 is 0 Å². The lowest BCUT2D eigenvalue weighted by atomic mass is 9.97. The van der Waals surface area contributed by atoms with Crippen molar-refractivity contribution in [3.63, 3.8) is 0 Å². The number of aromatic nitrogens is 1. The van der Waals surface area contributed by atoms with Crippen LogP contribution in [0.25, 0.3) is 11.1 Å². The highest BCUT2D eigenvalue weighted by molar-refractivity contribution is 5.69. The highest BCUT2D eigenvalue weighted by Crippen LogP contribution is 2.37. The Morgan fingerprint density at radius 3 is 2.84 bits per heavy atom. The summed E-state index contributed by atoms with van der Waals surface area (Å²) in [5, 5.41) is 3.65. The lowest BCUT2D eigenvalue weighted by Gasteiger charge is -2.14. The Hall–Kier alpha value is -1.67. The summed E-state index contributed by atoms with van der Waals surface area (Å²) in [6.07, 6.45) is 7.33. The lowest BCUT2D eigenvalue weighted by Crippen LogP contribution is -2.19. The second kappa shape index (κ2) is 5.54. The summed E-state index contributed by atoms with van der Waals surface area (Å²) in [6.45, 7) is 3.32. The van der Waals surface area contributed by atoms with Crippen LogP contribution in [0.3, 0.4) is 0 Å². The van der Waals surface area contributed by atoms with Crippen LogP contribution < -0.4 is 5.32 Å². The van der Waals surface area contributed by atoms with Gasteiger partial charge in [-0.15, -0.1) is 0 Å². The normalized spacial score (nSPS) is 17.4. The Morgan fingerprint density at radius 2 is 2.05 bits per heavy atom. The summed E-state index contributed by atoms with van der Waals surface area (Å²) in [5.74, 6) is 0. The van der Waals surface area contributed by atoms with E-state index in [9.17, 15) is 0 Å². The van der Waals surface area contributed by atoms with E-state index in [2.05, 4.69) is 47.6 Å². The predicted molar refractivity (Wildman–Crippen MR) is 79.0 cm³/mol. The molecule has 1 aliphatic carbocycles. The fourth-order valence-electron chi connectivity index (χ4n) is 2.99. The van der Waals surface area contributed by atoms with Gasteiger partial charge in [-0.05, 0) is 60.2 Å². The van der Waals surface area contributed by atoms with Crippen LogP contribution in [0.4, 0.5) is 0 Å². The van der Waals surface area contributed by atoms with Gasteiger partial charge in [0.2, 0.25) is 0 Å². The third-order valence-electron chi connectivity index (χ3n) is 3.90. The molecule has 1 aliphatic rings. The second-order valence-corrected chi connectivity index (χ2v) is 5.15. The molecule has 1 aromatic heterocycles. The van der Waals surface area contributed by atoms with Crippen molar-refractivity contribution in [2.45, 2.75) is 32.2 Å². The van der Waals surface area contributed by atoms with Crippen molar-refractivity contribution in [1.82, 2.24) is 10.3 Å². The lowest BCUT2D eigenvalue weighted by molar-refractivity contribution is 0.529. The number of hydrogen-bond donors (Lipinski definition) is 1. The third-order valence-corrected chi connectivity index (χ3v) is 3.90. The van der Waals surface area contributed by atoms with Crippen molar-refractivity contribution < 1.29 is 0 Å². The van der Waals surface area contributed by atoms with Crippen LogP contribution in [0.2, 0.25) is 0 Å². The van der Waals surface area contributed by atoms with E-state index in [-0.39, 0.29) is 0 Å². The first-order chi connectivity index (χ1) is 9.40. The van der Waals surface area contributed by atoms with E-state index >= 15 is 0 Å². The van der Waals surface area contributed by atoms with Gasteiger partial charge in [0, 0.05) is 18.4 Å². The summed E-state index contributed by atoms with van der Waals surface area (Å²) >= 11 is 0. The van der Waals surface area contributed by atoms with E-state index in [0.717, 1.165) is 6.54 Å². The number of nitrogens with zero attached hydrogens (tertiary/aromatic N) is 1. The van der Waals surface area contributed by atoms with Crippen molar-refractivity contribution in [2.75, 3.05) is 6.54 Å². The molecule has 0 bridgehead atoms. The summed E-state index contributed by atoms with van der Waals surface area (Å²) in [5.41, 5.74) is 5.66. The zero-order valence-electron chi connectivity index (χ0n) is 11.4. The molecule has 0 saturated carbocycles. The number of pyridine rings is 1. The van der Waals surface area contributed by atoms with Crippen LogP contribution in [-0.2, 0) is 6.42 Å². The topological polar surface area (TPSA) is 24.9 Å². The van der Waals surface area contributed by atoms with Crippen molar-refractivity contribution in [3.8, 4) is 11.1 Å². The van der Waals surface area contributed by atoms with Gasteiger partial charge in [-0.25, -0.2) is 0 Å². The molecule has 2 nitrogen and oxygen atoms in total. The van der Waals surface area contributed by atoms with Gasteiger partial charge in [0.05, 0.1) is 0 Å². The second-order valence-electron chi connectivity index (χ2n) is 5.15. The predicted octanol–water partition coefficient (Wildman–Crippen LogP) is 3.74. The number of rotatable bonds is 4. The highest BCUT2D eigenvalue weighted by Gasteiger charge is 2.23. The fraction of sp³-hybridized carbons (Fsp3) is 0.353. The first-order valence-corrected chi connectivity index (χ1v) is 7.15. The smallest absolute Gasteiger partial charge is 0.0326 e. The van der Waals surface area contributed by atoms with Gasteiger partial charge >= 0.3 is 0 Å². The molecule has 98 valence electrons. The van der Waals surface area contributed by atoms with Gasteiger partial charge in [-0.2, -0.15) is 0 Å². The molecule has 0 fully saturated rings. The average molecular weight is 252 g/mol. The Balaban J connectivity index is 1.95. The highest BCUT2D eigenvalue weighted by atomic mass is 14.9. The molecule has 0 aliphatic heterocycles. The first kappa shape index (κ1) is 12.4. The molecule has 0 radical (unpaired) electrons. The molecular weight excluding hydrogens is 232 g/mol. The van der Waals surface area contributed by atoms with Gasteiger partial charge in [0.1, 0.15) is 0 Å². The van der Waals surface area contributed by atoms with Crippen LogP contribution in [0.15, 0.2) is 42.7 Å². The van der Waals surface area contributed by atoms with Gasteiger partial charge in [-0.3, -0.25) is 4.98 Å². The van der Waals surface area contributed by atoms with Gasteiger partial charge in [-0.1, -0.05) is 25.1 Å². The van der Waals surface area contributed by atoms with Crippen molar-refractivity contribution in [1.29, 1.82) is 0 Å². The minimum absolute atomic E-state index is 0.539. The quantitative estimate of drug-likeness (QED) is 0.896. The fourth-order valence-corrected chi connectivity index (χ4v) is 2.99. The molecule has 0 saturated heterocycles. The van der Waals surface area contributed by atoms with Gasteiger partial charge < -0.3 is 5.32 Å². The molecule has 1 heterocycles. The Labute approximate surface area is 114 Å². The number of nitrogens with one attached hydrogen (secondary N) is 1. The summed E-state index contributed by atoms with van der Waals surface area (Å²) in [4.78, 5) is 4.11. The Morgan fingerprint density at radius 1 is 1.21 bits per heavy atom. The zero-order chi connectivity index (χ0) is 13.1. The molecule has 2 aromatic rings. The van der Waals surface area contributed by atoms with Crippen LogP contribution in [0.1, 0.15) is 36.9 Å². The molecule has 2 heteroatoms. The first-order valence-electron chi connectivity index (χ1n) is 7.15. The summed E-state index contributed by atoms with van der Waals surface area (Å²) in [6, 6.07) is 11.4. The largest absolute Gasteiger partial charge is 0.310 e. The van der Waals surface area contributed by atoms with Crippen LogP contribution in [0, 0.1) is 0 Å². The summed E-state index contributed by atoms with van der Waals surface area (Å²) in [7, 11) is 0. The molecule has 1 N–H and O–H groups in total. The monoisotopic (exact) mass is 252 g/mol. The molecular formula is C17H20N2. The molecule has 19 heavy (non-hydrogen) atoms. The maximum atomic E-state index is 4.11. The molecule has 0 spiro atoms. The van der Waals surface area contributed by atoms with E-state index in [1.165, 1.54) is 41.5 Å². The Bertz CT molecular complexity index is 548. The van der Waals surface area contributed by atoms with Gasteiger partial charge in [0.15, 0.2) is 0 Å². The number of fused-ring (bicyclic) bond motifs is 1. The van der Waals surface area contributed by atoms with E-state index in [1.807, 2.05) is 12.4 Å². The molecule has 0 amide bonds. The third kappa shape index (κ3) is 2.41. The van der Waals surface area contributed by atoms with Crippen molar-refractivity contribution >= 4 is 0 Å². The zero-order valence-corrected chi connectivity index (χ0v) is 11.4.